The Morgan fingerprint density at radius 1 is 1.27 bits per heavy atom. The molecular weight excluding hydrogens is 190 g/mol. The molecule has 0 unspecified atom stereocenters. The molecule has 0 saturated carbocycles. The van der Waals surface area contributed by atoms with Crippen LogP contribution in [0.4, 0.5) is 0 Å². The summed E-state index contributed by atoms with van der Waals surface area (Å²) in [5, 5.41) is 6.29. The lowest BCUT2D eigenvalue weighted by molar-refractivity contribution is -0.122. The van der Waals surface area contributed by atoms with E-state index in [0.717, 1.165) is 39.0 Å². The Balaban J connectivity index is 2.16. The van der Waals surface area contributed by atoms with Gasteiger partial charge in [-0.25, -0.2) is 0 Å². The second-order valence-corrected chi connectivity index (χ2v) is 4.06. The number of likely N-dealkylation sites (N-methyl/N-ethyl adjacent to an activating group) is 1. The number of carbonyl (C=O) groups is 1. The Hall–Kier alpha value is -0.610. The molecule has 1 fully saturated rings. The molecule has 2 N–H and O–H groups in total. The number of nitrogens with zero attached hydrogens (tertiary/aromatic N) is 1. The van der Waals surface area contributed by atoms with E-state index in [-0.39, 0.29) is 5.91 Å². The molecule has 1 rings (SSSR count). The molecule has 0 aromatic carbocycles. The van der Waals surface area contributed by atoms with Gasteiger partial charge in [0.25, 0.3) is 0 Å². The molecule has 0 spiro atoms. The van der Waals surface area contributed by atoms with Crippen LogP contribution in [0.3, 0.4) is 0 Å². The summed E-state index contributed by atoms with van der Waals surface area (Å²) in [6.45, 7) is 8.50. The van der Waals surface area contributed by atoms with Gasteiger partial charge in [0.2, 0.25) is 5.91 Å². The van der Waals surface area contributed by atoms with Crippen LogP contribution in [0.5, 0.6) is 0 Å². The van der Waals surface area contributed by atoms with Gasteiger partial charge >= 0.3 is 0 Å². The van der Waals surface area contributed by atoms with E-state index in [1.54, 1.807) is 0 Å². The highest BCUT2D eigenvalue weighted by Gasteiger charge is 2.19. The highest BCUT2D eigenvalue weighted by molar-refractivity contribution is 5.77. The minimum atomic E-state index is 0.152. The summed E-state index contributed by atoms with van der Waals surface area (Å²) >= 11 is 0. The van der Waals surface area contributed by atoms with Crippen LogP contribution in [0.25, 0.3) is 0 Å². The molecule has 0 atom stereocenters. The van der Waals surface area contributed by atoms with Gasteiger partial charge in [-0.15, -0.1) is 0 Å². The number of hydrogen-bond donors (Lipinski definition) is 2. The first-order valence-corrected chi connectivity index (χ1v) is 5.98. The third-order valence-electron chi connectivity index (χ3n) is 2.82. The van der Waals surface area contributed by atoms with Crippen molar-refractivity contribution in [2.45, 2.75) is 32.7 Å². The molecule has 0 aromatic rings. The molecule has 15 heavy (non-hydrogen) atoms. The second kappa shape index (κ2) is 6.80. The maximum absolute atomic E-state index is 11.4. The lowest BCUT2D eigenvalue weighted by Crippen LogP contribution is -2.46. The highest BCUT2D eigenvalue weighted by Crippen LogP contribution is 2.09. The van der Waals surface area contributed by atoms with E-state index in [9.17, 15) is 4.79 Å². The molecule has 1 aliphatic heterocycles. The van der Waals surface area contributed by atoms with Gasteiger partial charge in [-0.1, -0.05) is 6.92 Å². The van der Waals surface area contributed by atoms with Gasteiger partial charge in [-0.3, -0.25) is 9.69 Å². The molecule has 0 aliphatic carbocycles. The van der Waals surface area contributed by atoms with E-state index >= 15 is 0 Å². The fourth-order valence-corrected chi connectivity index (χ4v) is 2.04. The summed E-state index contributed by atoms with van der Waals surface area (Å²) in [5.41, 5.74) is 0. The number of piperidine rings is 1. The van der Waals surface area contributed by atoms with Crippen molar-refractivity contribution in [1.29, 1.82) is 0 Å². The van der Waals surface area contributed by atoms with Crippen LogP contribution in [-0.4, -0.2) is 49.6 Å². The Morgan fingerprint density at radius 3 is 2.47 bits per heavy atom. The van der Waals surface area contributed by atoms with Crippen molar-refractivity contribution in [2.75, 3.05) is 32.7 Å². The van der Waals surface area contributed by atoms with Crippen LogP contribution in [0.1, 0.15) is 26.7 Å². The fraction of sp³-hybridized carbons (Fsp3) is 0.909. The van der Waals surface area contributed by atoms with Crippen molar-refractivity contribution >= 4 is 5.91 Å². The predicted octanol–water partition coefficient (Wildman–Crippen LogP) is 0.196. The number of nitrogens with one attached hydrogen (secondary N) is 2. The Labute approximate surface area is 92.4 Å². The molecule has 88 valence electrons. The number of rotatable bonds is 5. The Bertz CT molecular complexity index is 188. The summed E-state index contributed by atoms with van der Waals surface area (Å²) in [7, 11) is 0. The molecule has 4 heteroatoms. The zero-order chi connectivity index (χ0) is 11.1. The van der Waals surface area contributed by atoms with Crippen molar-refractivity contribution in [1.82, 2.24) is 15.5 Å². The first-order chi connectivity index (χ1) is 7.26. The molecule has 1 amide bonds. The van der Waals surface area contributed by atoms with Crippen molar-refractivity contribution in [3.8, 4) is 0 Å². The highest BCUT2D eigenvalue weighted by atomic mass is 16.2. The lowest BCUT2D eigenvalue weighted by atomic mass is 10.1. The SMILES string of the molecule is CCNC(=O)CN1CCC(NCC)CC1. The largest absolute Gasteiger partial charge is 0.355 e. The molecule has 4 nitrogen and oxygen atoms in total. The zero-order valence-corrected chi connectivity index (χ0v) is 9.88. The van der Waals surface area contributed by atoms with Gasteiger partial charge in [0, 0.05) is 25.7 Å². The van der Waals surface area contributed by atoms with Crippen LogP contribution in [-0.2, 0) is 4.79 Å². The summed E-state index contributed by atoms with van der Waals surface area (Å²) in [6.07, 6.45) is 2.32. The summed E-state index contributed by atoms with van der Waals surface area (Å²) in [5.74, 6) is 0.152. The third kappa shape index (κ3) is 4.62. The minimum absolute atomic E-state index is 0.152. The normalized spacial score (nSPS) is 19.1. The third-order valence-corrected chi connectivity index (χ3v) is 2.82. The van der Waals surface area contributed by atoms with Gasteiger partial charge in [0.1, 0.15) is 0 Å². The van der Waals surface area contributed by atoms with Crippen LogP contribution >= 0.6 is 0 Å². The molecule has 0 radical (unpaired) electrons. The van der Waals surface area contributed by atoms with Gasteiger partial charge < -0.3 is 10.6 Å². The molecular formula is C11H23N3O. The van der Waals surface area contributed by atoms with Gasteiger partial charge in [-0.2, -0.15) is 0 Å². The summed E-state index contributed by atoms with van der Waals surface area (Å²) in [4.78, 5) is 13.6. The van der Waals surface area contributed by atoms with E-state index in [0.29, 0.717) is 12.6 Å². The number of carbonyl (C=O) groups excluding carboxylic acids is 1. The molecule has 1 saturated heterocycles. The zero-order valence-electron chi connectivity index (χ0n) is 9.88. The maximum atomic E-state index is 11.4. The van der Waals surface area contributed by atoms with Crippen LogP contribution in [0.2, 0.25) is 0 Å². The maximum Gasteiger partial charge on any atom is 0.234 e. The topological polar surface area (TPSA) is 44.4 Å². The first kappa shape index (κ1) is 12.5. The standard InChI is InChI=1S/C11H23N3O/c1-3-12-10-5-7-14(8-6-10)9-11(15)13-4-2/h10,12H,3-9H2,1-2H3,(H,13,15). The van der Waals surface area contributed by atoms with Crippen LogP contribution < -0.4 is 10.6 Å². The van der Waals surface area contributed by atoms with Gasteiger partial charge in [0.05, 0.1) is 6.54 Å². The van der Waals surface area contributed by atoms with E-state index in [1.807, 2.05) is 6.92 Å². The van der Waals surface area contributed by atoms with Gasteiger partial charge in [0.15, 0.2) is 0 Å². The lowest BCUT2D eigenvalue weighted by Gasteiger charge is -2.31. The molecule has 0 aromatic heterocycles. The van der Waals surface area contributed by atoms with E-state index in [1.165, 1.54) is 0 Å². The fourth-order valence-electron chi connectivity index (χ4n) is 2.04. The molecule has 1 aliphatic rings. The Morgan fingerprint density at radius 2 is 1.93 bits per heavy atom. The van der Waals surface area contributed by atoms with Crippen LogP contribution in [0.15, 0.2) is 0 Å². The van der Waals surface area contributed by atoms with Crippen LogP contribution in [0, 0.1) is 0 Å². The Kier molecular flexibility index (Phi) is 5.65. The number of likely N-dealkylation sites (tertiary alicyclic amines) is 1. The number of hydrogen-bond acceptors (Lipinski definition) is 3. The minimum Gasteiger partial charge on any atom is -0.355 e. The monoisotopic (exact) mass is 213 g/mol. The molecule has 1 heterocycles. The predicted molar refractivity (Wildman–Crippen MR) is 61.8 cm³/mol. The first-order valence-electron chi connectivity index (χ1n) is 5.98. The smallest absolute Gasteiger partial charge is 0.234 e. The quantitative estimate of drug-likeness (QED) is 0.685. The average molecular weight is 213 g/mol. The van der Waals surface area contributed by atoms with E-state index < -0.39 is 0 Å². The average Bonchev–Trinajstić information content (AvgIpc) is 2.22. The number of amides is 1. The van der Waals surface area contributed by atoms with Crippen molar-refractivity contribution < 1.29 is 4.79 Å². The second-order valence-electron chi connectivity index (χ2n) is 4.06. The van der Waals surface area contributed by atoms with Crippen molar-refractivity contribution in [2.24, 2.45) is 0 Å². The summed E-state index contributed by atoms with van der Waals surface area (Å²) in [6, 6.07) is 0.653. The molecule has 0 bridgehead atoms. The van der Waals surface area contributed by atoms with Crippen molar-refractivity contribution in [3.63, 3.8) is 0 Å². The summed E-state index contributed by atoms with van der Waals surface area (Å²) < 4.78 is 0. The van der Waals surface area contributed by atoms with E-state index in [4.69, 9.17) is 0 Å². The van der Waals surface area contributed by atoms with Gasteiger partial charge in [-0.05, 0) is 26.3 Å². The van der Waals surface area contributed by atoms with E-state index in [2.05, 4.69) is 22.5 Å². The van der Waals surface area contributed by atoms with Crippen molar-refractivity contribution in [3.05, 3.63) is 0 Å².